The zero-order valence-electron chi connectivity index (χ0n) is 13.4. The first-order valence-corrected chi connectivity index (χ1v) is 7.61. The summed E-state index contributed by atoms with van der Waals surface area (Å²) in [6.45, 7) is 0.430. The number of hydrogen-bond donors (Lipinski definition) is 0. The second-order valence-electron chi connectivity index (χ2n) is 5.78. The molecule has 7 heteroatoms. The molecule has 0 saturated carbocycles. The third kappa shape index (κ3) is 2.13. The van der Waals surface area contributed by atoms with Crippen molar-refractivity contribution in [1.29, 1.82) is 0 Å². The Morgan fingerprint density at radius 3 is 2.58 bits per heavy atom. The molecule has 0 unspecified atom stereocenters. The van der Waals surface area contributed by atoms with Gasteiger partial charge in [0.1, 0.15) is 0 Å². The third-order valence-electron chi connectivity index (χ3n) is 3.93. The SMILES string of the molecule is CN(C)c1nnc2n(Cc3ccccc3)c(=O)c3cccnc3n12. The summed E-state index contributed by atoms with van der Waals surface area (Å²) < 4.78 is 3.46. The molecule has 1 aromatic carbocycles. The van der Waals surface area contributed by atoms with Crippen LogP contribution in [-0.2, 0) is 6.54 Å². The Morgan fingerprint density at radius 2 is 1.83 bits per heavy atom. The maximum absolute atomic E-state index is 13.0. The molecular weight excluding hydrogens is 304 g/mol. The molecule has 0 aliphatic carbocycles. The molecule has 0 atom stereocenters. The van der Waals surface area contributed by atoms with Crippen molar-refractivity contribution in [3.8, 4) is 0 Å². The number of fused-ring (bicyclic) bond motifs is 3. The van der Waals surface area contributed by atoms with Gasteiger partial charge in [0.15, 0.2) is 5.65 Å². The minimum Gasteiger partial charge on any atom is -0.347 e. The highest BCUT2D eigenvalue weighted by Crippen LogP contribution is 2.17. The summed E-state index contributed by atoms with van der Waals surface area (Å²) in [5, 5.41) is 9.01. The van der Waals surface area contributed by atoms with Gasteiger partial charge in [-0.05, 0) is 17.7 Å². The molecule has 0 spiro atoms. The quantitative estimate of drug-likeness (QED) is 0.573. The Morgan fingerprint density at radius 1 is 1.04 bits per heavy atom. The van der Waals surface area contributed by atoms with Gasteiger partial charge in [-0.2, -0.15) is 0 Å². The van der Waals surface area contributed by atoms with Gasteiger partial charge in [-0.15, -0.1) is 10.2 Å². The second kappa shape index (κ2) is 5.45. The van der Waals surface area contributed by atoms with Gasteiger partial charge in [-0.3, -0.25) is 9.36 Å². The van der Waals surface area contributed by atoms with Crippen molar-refractivity contribution in [3.05, 3.63) is 64.6 Å². The van der Waals surface area contributed by atoms with Crippen LogP contribution in [0.2, 0.25) is 0 Å². The summed E-state index contributed by atoms with van der Waals surface area (Å²) in [5.41, 5.74) is 1.47. The summed E-state index contributed by atoms with van der Waals surface area (Å²) >= 11 is 0. The molecule has 3 aromatic heterocycles. The molecule has 24 heavy (non-hydrogen) atoms. The molecule has 0 saturated heterocycles. The van der Waals surface area contributed by atoms with Gasteiger partial charge in [0.05, 0.1) is 11.9 Å². The summed E-state index contributed by atoms with van der Waals surface area (Å²) in [7, 11) is 3.77. The van der Waals surface area contributed by atoms with Crippen LogP contribution in [0.1, 0.15) is 5.56 Å². The van der Waals surface area contributed by atoms with E-state index in [9.17, 15) is 4.79 Å². The Labute approximate surface area is 137 Å². The van der Waals surface area contributed by atoms with E-state index in [4.69, 9.17) is 0 Å². The standard InChI is InChI=1S/C17H16N6O/c1-21(2)16-19-20-17-22(11-12-7-4-3-5-8-12)15(24)13-9-6-10-18-14(13)23(16)17/h3-10H,11H2,1-2H3. The summed E-state index contributed by atoms with van der Waals surface area (Å²) in [6, 6.07) is 13.4. The zero-order chi connectivity index (χ0) is 16.7. The average Bonchev–Trinajstić information content (AvgIpc) is 3.05. The van der Waals surface area contributed by atoms with E-state index in [1.807, 2.05) is 53.7 Å². The first kappa shape index (κ1) is 14.4. The van der Waals surface area contributed by atoms with E-state index in [0.29, 0.717) is 29.3 Å². The summed E-state index contributed by atoms with van der Waals surface area (Å²) in [5.74, 6) is 1.12. The van der Waals surface area contributed by atoms with E-state index >= 15 is 0 Å². The Balaban J connectivity index is 2.08. The van der Waals surface area contributed by atoms with E-state index in [2.05, 4.69) is 15.2 Å². The third-order valence-corrected chi connectivity index (χ3v) is 3.93. The van der Waals surface area contributed by atoms with Crippen molar-refractivity contribution < 1.29 is 0 Å². The zero-order valence-corrected chi connectivity index (χ0v) is 13.4. The highest BCUT2D eigenvalue weighted by molar-refractivity contribution is 5.77. The number of aromatic nitrogens is 5. The first-order chi connectivity index (χ1) is 11.7. The summed E-state index contributed by atoms with van der Waals surface area (Å²) in [4.78, 5) is 19.2. The molecule has 0 aliphatic heterocycles. The molecule has 0 amide bonds. The summed E-state index contributed by atoms with van der Waals surface area (Å²) in [6.07, 6.45) is 1.67. The second-order valence-corrected chi connectivity index (χ2v) is 5.78. The van der Waals surface area contributed by atoms with Gasteiger partial charge in [-0.25, -0.2) is 9.38 Å². The molecular formula is C17H16N6O. The normalized spacial score (nSPS) is 11.2. The minimum atomic E-state index is -0.118. The fourth-order valence-electron chi connectivity index (χ4n) is 2.81. The lowest BCUT2D eigenvalue weighted by atomic mass is 10.2. The van der Waals surface area contributed by atoms with E-state index < -0.39 is 0 Å². The van der Waals surface area contributed by atoms with Crippen LogP contribution in [-0.4, -0.2) is 38.2 Å². The Bertz CT molecular complexity index is 1080. The van der Waals surface area contributed by atoms with Gasteiger partial charge in [0.25, 0.3) is 5.56 Å². The van der Waals surface area contributed by atoms with Crippen LogP contribution in [0.5, 0.6) is 0 Å². The fourth-order valence-corrected chi connectivity index (χ4v) is 2.81. The van der Waals surface area contributed by atoms with Gasteiger partial charge in [0.2, 0.25) is 11.7 Å². The van der Waals surface area contributed by atoms with Gasteiger partial charge < -0.3 is 4.90 Å². The first-order valence-electron chi connectivity index (χ1n) is 7.61. The highest BCUT2D eigenvalue weighted by Gasteiger charge is 2.18. The Hall–Kier alpha value is -3.22. The lowest BCUT2D eigenvalue weighted by Gasteiger charge is -2.13. The van der Waals surface area contributed by atoms with Crippen LogP contribution >= 0.6 is 0 Å². The molecule has 3 heterocycles. The van der Waals surface area contributed by atoms with E-state index in [1.54, 1.807) is 22.9 Å². The highest BCUT2D eigenvalue weighted by atomic mass is 16.1. The van der Waals surface area contributed by atoms with Crippen molar-refractivity contribution in [2.75, 3.05) is 19.0 Å². The lowest BCUT2D eigenvalue weighted by Crippen LogP contribution is -2.25. The number of benzene rings is 1. The van der Waals surface area contributed by atoms with Crippen molar-refractivity contribution >= 4 is 22.8 Å². The number of pyridine rings is 1. The van der Waals surface area contributed by atoms with Crippen molar-refractivity contribution in [2.45, 2.75) is 6.54 Å². The van der Waals surface area contributed by atoms with Crippen LogP contribution in [0, 0.1) is 0 Å². The molecule has 4 aromatic rings. The predicted octanol–water partition coefficient (Wildman–Crippen LogP) is 1.55. The van der Waals surface area contributed by atoms with Crippen molar-refractivity contribution in [2.24, 2.45) is 0 Å². The molecule has 7 nitrogen and oxygen atoms in total. The van der Waals surface area contributed by atoms with Crippen molar-refractivity contribution in [1.82, 2.24) is 24.1 Å². The predicted molar refractivity (Wildman–Crippen MR) is 92.4 cm³/mol. The molecule has 0 bridgehead atoms. The number of nitrogens with zero attached hydrogens (tertiary/aromatic N) is 6. The maximum Gasteiger partial charge on any atom is 0.264 e. The van der Waals surface area contributed by atoms with E-state index in [1.165, 1.54) is 0 Å². The van der Waals surface area contributed by atoms with E-state index in [-0.39, 0.29) is 5.56 Å². The van der Waals surface area contributed by atoms with Crippen LogP contribution in [0.15, 0.2) is 53.5 Å². The molecule has 4 rings (SSSR count). The van der Waals surface area contributed by atoms with E-state index in [0.717, 1.165) is 5.56 Å². The van der Waals surface area contributed by atoms with Gasteiger partial charge in [-0.1, -0.05) is 30.3 Å². The monoisotopic (exact) mass is 320 g/mol. The van der Waals surface area contributed by atoms with Crippen LogP contribution in [0.25, 0.3) is 16.8 Å². The molecule has 0 fully saturated rings. The maximum atomic E-state index is 13.0. The molecule has 120 valence electrons. The van der Waals surface area contributed by atoms with Crippen LogP contribution < -0.4 is 10.5 Å². The van der Waals surface area contributed by atoms with Gasteiger partial charge >= 0.3 is 0 Å². The number of anilines is 1. The van der Waals surface area contributed by atoms with Crippen LogP contribution in [0.3, 0.4) is 0 Å². The number of hydrogen-bond acceptors (Lipinski definition) is 5. The van der Waals surface area contributed by atoms with Crippen molar-refractivity contribution in [3.63, 3.8) is 0 Å². The molecule has 0 aliphatic rings. The lowest BCUT2D eigenvalue weighted by molar-refractivity contribution is 0.764. The number of rotatable bonds is 3. The largest absolute Gasteiger partial charge is 0.347 e. The topological polar surface area (TPSA) is 68.3 Å². The Kier molecular flexibility index (Phi) is 3.26. The van der Waals surface area contributed by atoms with Crippen LogP contribution in [0.4, 0.5) is 5.95 Å². The average molecular weight is 320 g/mol. The minimum absolute atomic E-state index is 0.118. The smallest absolute Gasteiger partial charge is 0.264 e. The fraction of sp³-hybridized carbons (Fsp3) is 0.176. The molecule has 0 radical (unpaired) electrons. The molecule has 0 N–H and O–H groups in total. The van der Waals surface area contributed by atoms with Gasteiger partial charge in [0, 0.05) is 20.3 Å².